The Balaban J connectivity index is 1.92. The number of amides is 1. The molecule has 2 N–H and O–H groups in total. The van der Waals surface area contributed by atoms with Gasteiger partial charge in [-0.05, 0) is 37.1 Å². The fraction of sp³-hybridized carbons (Fsp3) is 0.182. The van der Waals surface area contributed by atoms with E-state index >= 15 is 0 Å². The Kier molecular flexibility index (Phi) is 5.58. The quantitative estimate of drug-likeness (QED) is 0.496. The summed E-state index contributed by atoms with van der Waals surface area (Å²) in [4.78, 5) is 15.9. The van der Waals surface area contributed by atoms with E-state index in [-0.39, 0.29) is 5.57 Å². The number of ether oxygens (including phenoxy) is 1. The van der Waals surface area contributed by atoms with Crippen LogP contribution in [0.1, 0.15) is 25.0 Å². The number of H-pyrrole nitrogens is 1. The van der Waals surface area contributed by atoms with E-state index < -0.39 is 5.91 Å². The van der Waals surface area contributed by atoms with Gasteiger partial charge in [0.05, 0.1) is 12.3 Å². The summed E-state index contributed by atoms with van der Waals surface area (Å²) in [6, 6.07) is 15.2. The SMILES string of the molecule is CCOc1ccccc1NC(=O)C(C#N)=Cc1c[nH]c2c(CC)cccc12. The molecule has 0 spiro atoms. The number of para-hydroxylation sites is 3. The lowest BCUT2D eigenvalue weighted by molar-refractivity contribution is -0.112. The molecule has 0 fully saturated rings. The first kappa shape index (κ1) is 18.3. The second kappa shape index (κ2) is 8.24. The van der Waals surface area contributed by atoms with E-state index in [4.69, 9.17) is 4.74 Å². The number of aromatic amines is 1. The number of benzene rings is 2. The topological polar surface area (TPSA) is 77.9 Å². The molecule has 0 unspecified atom stereocenters. The lowest BCUT2D eigenvalue weighted by Gasteiger charge is -2.10. The van der Waals surface area contributed by atoms with Crippen molar-refractivity contribution >= 4 is 28.6 Å². The van der Waals surface area contributed by atoms with Crippen molar-refractivity contribution in [3.8, 4) is 11.8 Å². The summed E-state index contributed by atoms with van der Waals surface area (Å²) in [5.74, 6) is 0.107. The number of nitrogens with zero attached hydrogens (tertiary/aromatic N) is 1. The summed E-state index contributed by atoms with van der Waals surface area (Å²) >= 11 is 0. The molecule has 136 valence electrons. The average Bonchev–Trinajstić information content (AvgIpc) is 3.10. The molecule has 0 atom stereocenters. The summed E-state index contributed by atoms with van der Waals surface area (Å²) < 4.78 is 5.52. The van der Waals surface area contributed by atoms with Gasteiger partial charge in [-0.15, -0.1) is 0 Å². The molecule has 3 aromatic rings. The Morgan fingerprint density at radius 1 is 1.22 bits per heavy atom. The van der Waals surface area contributed by atoms with Crippen molar-refractivity contribution in [2.45, 2.75) is 20.3 Å². The van der Waals surface area contributed by atoms with Crippen molar-refractivity contribution in [2.75, 3.05) is 11.9 Å². The minimum atomic E-state index is -0.467. The Labute approximate surface area is 158 Å². The van der Waals surface area contributed by atoms with Gasteiger partial charge < -0.3 is 15.0 Å². The smallest absolute Gasteiger partial charge is 0.266 e. The summed E-state index contributed by atoms with van der Waals surface area (Å²) in [5, 5.41) is 13.3. The van der Waals surface area contributed by atoms with Gasteiger partial charge >= 0.3 is 0 Å². The predicted molar refractivity (Wildman–Crippen MR) is 108 cm³/mol. The molecule has 5 heteroatoms. The fourth-order valence-corrected chi connectivity index (χ4v) is 3.00. The van der Waals surface area contributed by atoms with Crippen LogP contribution in [-0.4, -0.2) is 17.5 Å². The van der Waals surface area contributed by atoms with Gasteiger partial charge in [-0.25, -0.2) is 0 Å². The third-order valence-corrected chi connectivity index (χ3v) is 4.31. The van der Waals surface area contributed by atoms with E-state index in [9.17, 15) is 10.1 Å². The molecule has 0 saturated heterocycles. The number of nitrogens with one attached hydrogen (secondary N) is 2. The largest absolute Gasteiger partial charge is 0.492 e. The number of hydrogen-bond donors (Lipinski definition) is 2. The lowest BCUT2D eigenvalue weighted by Crippen LogP contribution is -2.14. The van der Waals surface area contributed by atoms with Crippen LogP contribution in [0.25, 0.3) is 17.0 Å². The number of anilines is 1. The standard InChI is InChI=1S/C22H21N3O2/c1-3-15-8-7-9-18-17(14-24-21(15)18)12-16(13-23)22(26)25-19-10-5-6-11-20(19)27-4-2/h5-12,14,24H,3-4H2,1-2H3,(H,25,26). The highest BCUT2D eigenvalue weighted by molar-refractivity contribution is 6.11. The minimum Gasteiger partial charge on any atom is -0.492 e. The first-order valence-electron chi connectivity index (χ1n) is 8.91. The second-order valence-corrected chi connectivity index (χ2v) is 5.99. The van der Waals surface area contributed by atoms with Crippen molar-refractivity contribution in [1.82, 2.24) is 4.98 Å². The molecule has 1 heterocycles. The van der Waals surface area contributed by atoms with Gasteiger partial charge in [-0.3, -0.25) is 4.79 Å². The third-order valence-electron chi connectivity index (χ3n) is 4.31. The predicted octanol–water partition coefficient (Wildman–Crippen LogP) is 4.67. The van der Waals surface area contributed by atoms with Crippen LogP contribution in [0.5, 0.6) is 5.75 Å². The molecule has 5 nitrogen and oxygen atoms in total. The molecule has 0 radical (unpaired) electrons. The number of aryl methyl sites for hydroxylation is 1. The maximum atomic E-state index is 12.6. The number of carbonyl (C=O) groups is 1. The van der Waals surface area contributed by atoms with Gasteiger partial charge in [0.1, 0.15) is 17.4 Å². The molecule has 1 aromatic heterocycles. The van der Waals surface area contributed by atoms with E-state index in [2.05, 4.69) is 23.3 Å². The number of fused-ring (bicyclic) bond motifs is 1. The Morgan fingerprint density at radius 3 is 2.78 bits per heavy atom. The Morgan fingerprint density at radius 2 is 2.04 bits per heavy atom. The van der Waals surface area contributed by atoms with Gasteiger partial charge in [0.25, 0.3) is 5.91 Å². The number of nitriles is 1. The van der Waals surface area contributed by atoms with E-state index in [1.165, 1.54) is 5.56 Å². The van der Waals surface area contributed by atoms with E-state index in [1.54, 1.807) is 24.3 Å². The number of aromatic nitrogens is 1. The zero-order chi connectivity index (χ0) is 19.2. The van der Waals surface area contributed by atoms with Gasteiger partial charge in [0.15, 0.2) is 0 Å². The van der Waals surface area contributed by atoms with Crippen LogP contribution in [-0.2, 0) is 11.2 Å². The molecule has 3 rings (SSSR count). The molecular formula is C22H21N3O2. The normalized spacial score (nSPS) is 11.2. The summed E-state index contributed by atoms with van der Waals surface area (Å²) in [5.41, 5.74) is 3.61. The van der Waals surface area contributed by atoms with Crippen LogP contribution in [0, 0.1) is 11.3 Å². The molecule has 0 aliphatic heterocycles. The summed E-state index contributed by atoms with van der Waals surface area (Å²) in [6.45, 7) is 4.46. The summed E-state index contributed by atoms with van der Waals surface area (Å²) in [6.07, 6.45) is 4.33. The Bertz CT molecular complexity index is 1040. The highest BCUT2D eigenvalue weighted by atomic mass is 16.5. The van der Waals surface area contributed by atoms with Crippen molar-refractivity contribution in [1.29, 1.82) is 5.26 Å². The van der Waals surface area contributed by atoms with Gasteiger partial charge in [0, 0.05) is 22.7 Å². The molecule has 1 amide bonds. The average molecular weight is 359 g/mol. The zero-order valence-corrected chi connectivity index (χ0v) is 15.4. The molecule has 0 aliphatic carbocycles. The van der Waals surface area contributed by atoms with Crippen molar-refractivity contribution in [2.24, 2.45) is 0 Å². The van der Waals surface area contributed by atoms with E-state index in [0.29, 0.717) is 18.0 Å². The first-order chi connectivity index (χ1) is 13.2. The zero-order valence-electron chi connectivity index (χ0n) is 15.4. The van der Waals surface area contributed by atoms with Crippen LogP contribution in [0.4, 0.5) is 5.69 Å². The molecule has 0 aliphatic rings. The molecule has 27 heavy (non-hydrogen) atoms. The molecular weight excluding hydrogens is 338 g/mol. The van der Waals surface area contributed by atoms with Gasteiger partial charge in [-0.2, -0.15) is 5.26 Å². The second-order valence-electron chi connectivity index (χ2n) is 5.99. The van der Waals surface area contributed by atoms with Crippen molar-refractivity contribution in [3.63, 3.8) is 0 Å². The summed E-state index contributed by atoms with van der Waals surface area (Å²) in [7, 11) is 0. The maximum Gasteiger partial charge on any atom is 0.266 e. The third kappa shape index (κ3) is 3.85. The van der Waals surface area contributed by atoms with Crippen molar-refractivity contribution < 1.29 is 9.53 Å². The van der Waals surface area contributed by atoms with Gasteiger partial charge in [-0.1, -0.05) is 37.3 Å². The van der Waals surface area contributed by atoms with Crippen molar-refractivity contribution in [3.05, 3.63) is 65.4 Å². The molecule has 0 saturated carbocycles. The monoisotopic (exact) mass is 359 g/mol. The van der Waals surface area contributed by atoms with Crippen LogP contribution in [0.15, 0.2) is 54.2 Å². The van der Waals surface area contributed by atoms with E-state index in [0.717, 1.165) is 22.9 Å². The number of rotatable bonds is 6. The first-order valence-corrected chi connectivity index (χ1v) is 8.91. The van der Waals surface area contributed by atoms with Crippen LogP contribution >= 0.6 is 0 Å². The van der Waals surface area contributed by atoms with Crippen LogP contribution < -0.4 is 10.1 Å². The van der Waals surface area contributed by atoms with Crippen LogP contribution in [0.2, 0.25) is 0 Å². The molecule has 2 aromatic carbocycles. The van der Waals surface area contributed by atoms with Crippen LogP contribution in [0.3, 0.4) is 0 Å². The Hall–Kier alpha value is -3.52. The highest BCUT2D eigenvalue weighted by Gasteiger charge is 2.14. The number of carbonyl (C=O) groups excluding carboxylic acids is 1. The molecule has 0 bridgehead atoms. The lowest BCUT2D eigenvalue weighted by atomic mass is 10.1. The fourth-order valence-electron chi connectivity index (χ4n) is 3.00. The minimum absolute atomic E-state index is 0.0316. The maximum absolute atomic E-state index is 12.6. The highest BCUT2D eigenvalue weighted by Crippen LogP contribution is 2.26. The van der Waals surface area contributed by atoms with Gasteiger partial charge in [0.2, 0.25) is 0 Å². The van der Waals surface area contributed by atoms with E-state index in [1.807, 2.05) is 37.4 Å². The number of hydrogen-bond acceptors (Lipinski definition) is 3.